The molecule has 6 nitrogen and oxygen atoms in total. The summed E-state index contributed by atoms with van der Waals surface area (Å²) in [5.74, 6) is -4.59. The number of nitrogens with zero attached hydrogens (tertiary/aromatic N) is 4. The summed E-state index contributed by atoms with van der Waals surface area (Å²) in [5.41, 5.74) is 1.60. The molecule has 0 aliphatic heterocycles. The lowest BCUT2D eigenvalue weighted by molar-refractivity contribution is -0.118. The highest BCUT2D eigenvalue weighted by molar-refractivity contribution is 5.96. The second kappa shape index (κ2) is 7.89. The Morgan fingerprint density at radius 1 is 1.23 bits per heavy atom. The Morgan fingerprint density at radius 3 is 2.60 bits per heavy atom. The molecule has 1 aliphatic rings. The Kier molecular flexibility index (Phi) is 5.27. The summed E-state index contributed by atoms with van der Waals surface area (Å²) >= 11 is 0. The summed E-state index contributed by atoms with van der Waals surface area (Å²) < 4.78 is 41.3. The standard InChI is InChI=1S/C21H20F3N5O/c1-29-27-19(26-28-29)14-7-5-13(6-8-14)18(15-9-10-21(23,24)12-15)20(30)25-17-4-2-3-16(22)11-17/h2-8,11,15,18H,9-10,12H2,1H3,(H,25,30)/t15-,18+/m0/s1. The van der Waals surface area contributed by atoms with E-state index < -0.39 is 29.5 Å². The second-order valence-corrected chi connectivity index (χ2v) is 7.56. The molecule has 2 aromatic carbocycles. The van der Waals surface area contributed by atoms with Crippen LogP contribution in [0.1, 0.15) is 30.7 Å². The van der Waals surface area contributed by atoms with Gasteiger partial charge in [0.25, 0.3) is 0 Å². The molecule has 156 valence electrons. The monoisotopic (exact) mass is 415 g/mol. The van der Waals surface area contributed by atoms with Crippen LogP contribution in [0.2, 0.25) is 0 Å². The van der Waals surface area contributed by atoms with E-state index >= 15 is 0 Å². The van der Waals surface area contributed by atoms with Crippen molar-refractivity contribution in [2.45, 2.75) is 31.1 Å². The highest BCUT2D eigenvalue weighted by Crippen LogP contribution is 2.46. The van der Waals surface area contributed by atoms with Crippen molar-refractivity contribution in [3.63, 3.8) is 0 Å². The molecule has 1 saturated carbocycles. The maximum absolute atomic E-state index is 13.9. The van der Waals surface area contributed by atoms with Crippen LogP contribution in [0.4, 0.5) is 18.9 Å². The number of carbonyl (C=O) groups excluding carboxylic acids is 1. The predicted octanol–water partition coefficient (Wildman–Crippen LogP) is 4.17. The molecule has 0 radical (unpaired) electrons. The summed E-state index contributed by atoms with van der Waals surface area (Å²) in [4.78, 5) is 14.4. The summed E-state index contributed by atoms with van der Waals surface area (Å²) in [5, 5.41) is 14.5. The zero-order valence-corrected chi connectivity index (χ0v) is 16.2. The number of amides is 1. The van der Waals surface area contributed by atoms with Gasteiger partial charge in [-0.15, -0.1) is 10.2 Å². The number of aromatic nitrogens is 4. The Labute approximate surface area is 171 Å². The van der Waals surface area contributed by atoms with Crippen molar-refractivity contribution in [1.82, 2.24) is 20.2 Å². The molecule has 3 aromatic rings. The topological polar surface area (TPSA) is 72.7 Å². The first kappa shape index (κ1) is 20.1. The Bertz CT molecular complexity index is 1050. The molecular formula is C21H20F3N5O. The van der Waals surface area contributed by atoms with Gasteiger partial charge in [0.1, 0.15) is 5.82 Å². The normalized spacial score (nSPS) is 18.9. The van der Waals surface area contributed by atoms with E-state index in [1.807, 2.05) is 0 Å². The minimum Gasteiger partial charge on any atom is -0.325 e. The van der Waals surface area contributed by atoms with Gasteiger partial charge in [0.05, 0.1) is 13.0 Å². The lowest BCUT2D eigenvalue weighted by Gasteiger charge is -2.23. The van der Waals surface area contributed by atoms with E-state index in [4.69, 9.17) is 0 Å². The lowest BCUT2D eigenvalue weighted by Crippen LogP contribution is -2.27. The Balaban J connectivity index is 1.62. The molecule has 4 rings (SSSR count). The number of rotatable bonds is 5. The van der Waals surface area contributed by atoms with Crippen LogP contribution in [0.15, 0.2) is 48.5 Å². The number of carbonyl (C=O) groups is 1. The van der Waals surface area contributed by atoms with Crippen LogP contribution in [-0.4, -0.2) is 32.0 Å². The van der Waals surface area contributed by atoms with Crippen LogP contribution < -0.4 is 5.32 Å². The van der Waals surface area contributed by atoms with Crippen LogP contribution in [0.3, 0.4) is 0 Å². The van der Waals surface area contributed by atoms with Gasteiger partial charge in [-0.05, 0) is 41.3 Å². The third-order valence-electron chi connectivity index (χ3n) is 5.32. The van der Waals surface area contributed by atoms with Crippen molar-refractivity contribution >= 4 is 11.6 Å². The van der Waals surface area contributed by atoms with Crippen LogP contribution in [0.25, 0.3) is 11.4 Å². The number of hydrogen-bond donors (Lipinski definition) is 1. The number of hydrogen-bond acceptors (Lipinski definition) is 4. The van der Waals surface area contributed by atoms with E-state index in [1.54, 1.807) is 37.4 Å². The van der Waals surface area contributed by atoms with Gasteiger partial charge in [-0.1, -0.05) is 30.3 Å². The fraction of sp³-hybridized carbons (Fsp3) is 0.333. The van der Waals surface area contributed by atoms with Crippen molar-refractivity contribution < 1.29 is 18.0 Å². The molecule has 1 N–H and O–H groups in total. The minimum absolute atomic E-state index is 0.238. The number of alkyl halides is 2. The first-order valence-electron chi connectivity index (χ1n) is 9.59. The Hall–Kier alpha value is -3.23. The summed E-state index contributed by atoms with van der Waals surface area (Å²) in [6.07, 6.45) is -0.369. The van der Waals surface area contributed by atoms with E-state index in [-0.39, 0.29) is 24.9 Å². The van der Waals surface area contributed by atoms with Gasteiger partial charge in [0.15, 0.2) is 0 Å². The zero-order chi connectivity index (χ0) is 21.3. The van der Waals surface area contributed by atoms with E-state index in [0.717, 1.165) is 0 Å². The number of nitrogens with one attached hydrogen (secondary N) is 1. The van der Waals surface area contributed by atoms with Gasteiger partial charge < -0.3 is 5.32 Å². The molecular weight excluding hydrogens is 395 g/mol. The molecule has 1 heterocycles. The summed E-state index contributed by atoms with van der Waals surface area (Å²) in [6, 6.07) is 12.4. The van der Waals surface area contributed by atoms with E-state index in [1.165, 1.54) is 23.0 Å². The molecule has 0 saturated heterocycles. The van der Waals surface area contributed by atoms with E-state index in [2.05, 4.69) is 20.7 Å². The number of benzene rings is 2. The molecule has 0 unspecified atom stereocenters. The number of aryl methyl sites for hydroxylation is 1. The fourth-order valence-corrected chi connectivity index (χ4v) is 3.93. The number of anilines is 1. The fourth-order valence-electron chi connectivity index (χ4n) is 3.93. The van der Waals surface area contributed by atoms with Gasteiger partial charge in [0, 0.05) is 24.1 Å². The van der Waals surface area contributed by atoms with Gasteiger partial charge in [-0.3, -0.25) is 4.79 Å². The van der Waals surface area contributed by atoms with Crippen molar-refractivity contribution in [2.24, 2.45) is 13.0 Å². The third-order valence-corrected chi connectivity index (χ3v) is 5.32. The Morgan fingerprint density at radius 2 is 2.00 bits per heavy atom. The molecule has 2 atom stereocenters. The maximum Gasteiger partial charge on any atom is 0.248 e. The average molecular weight is 415 g/mol. The maximum atomic E-state index is 13.9. The molecule has 1 aliphatic carbocycles. The van der Waals surface area contributed by atoms with Gasteiger partial charge in [0.2, 0.25) is 17.7 Å². The van der Waals surface area contributed by atoms with Crippen molar-refractivity contribution in [3.8, 4) is 11.4 Å². The molecule has 0 bridgehead atoms. The van der Waals surface area contributed by atoms with Gasteiger partial charge in [-0.2, -0.15) is 4.80 Å². The minimum atomic E-state index is -2.79. The van der Waals surface area contributed by atoms with Crippen LogP contribution in [-0.2, 0) is 11.8 Å². The molecule has 9 heteroatoms. The van der Waals surface area contributed by atoms with E-state index in [0.29, 0.717) is 17.0 Å². The number of halogens is 3. The highest BCUT2D eigenvalue weighted by Gasteiger charge is 2.45. The lowest BCUT2D eigenvalue weighted by atomic mass is 9.83. The second-order valence-electron chi connectivity index (χ2n) is 7.56. The summed E-state index contributed by atoms with van der Waals surface area (Å²) in [6.45, 7) is 0. The third kappa shape index (κ3) is 4.34. The molecule has 1 aromatic heterocycles. The summed E-state index contributed by atoms with van der Waals surface area (Å²) in [7, 11) is 1.65. The predicted molar refractivity (Wildman–Crippen MR) is 104 cm³/mol. The average Bonchev–Trinajstić information content (AvgIpc) is 3.28. The molecule has 0 spiro atoms. The van der Waals surface area contributed by atoms with Crippen molar-refractivity contribution in [3.05, 3.63) is 59.9 Å². The zero-order valence-electron chi connectivity index (χ0n) is 16.2. The van der Waals surface area contributed by atoms with Crippen molar-refractivity contribution in [2.75, 3.05) is 5.32 Å². The molecule has 30 heavy (non-hydrogen) atoms. The molecule has 1 amide bonds. The van der Waals surface area contributed by atoms with Crippen LogP contribution in [0, 0.1) is 11.7 Å². The van der Waals surface area contributed by atoms with Crippen LogP contribution in [0.5, 0.6) is 0 Å². The number of tetrazole rings is 1. The van der Waals surface area contributed by atoms with E-state index in [9.17, 15) is 18.0 Å². The smallest absolute Gasteiger partial charge is 0.248 e. The van der Waals surface area contributed by atoms with Crippen LogP contribution >= 0.6 is 0 Å². The van der Waals surface area contributed by atoms with Crippen molar-refractivity contribution in [1.29, 1.82) is 0 Å². The molecule has 1 fully saturated rings. The highest BCUT2D eigenvalue weighted by atomic mass is 19.3. The first-order chi connectivity index (χ1) is 14.3. The van der Waals surface area contributed by atoms with Gasteiger partial charge >= 0.3 is 0 Å². The first-order valence-corrected chi connectivity index (χ1v) is 9.59. The quantitative estimate of drug-likeness (QED) is 0.679. The SMILES string of the molecule is Cn1nnc(-c2ccc([C@@H](C(=O)Nc3cccc(F)c3)[C@H]3CCC(F)(F)C3)cc2)n1. The largest absolute Gasteiger partial charge is 0.325 e. The van der Waals surface area contributed by atoms with Gasteiger partial charge in [-0.25, -0.2) is 13.2 Å².